The van der Waals surface area contributed by atoms with Crippen LogP contribution in [-0.2, 0) is 14.3 Å². The lowest BCUT2D eigenvalue weighted by atomic mass is 9.94. The Morgan fingerprint density at radius 3 is 2.75 bits per heavy atom. The summed E-state index contributed by atoms with van der Waals surface area (Å²) >= 11 is 0. The summed E-state index contributed by atoms with van der Waals surface area (Å²) in [5.74, 6) is 0.558. The van der Waals surface area contributed by atoms with E-state index in [1.54, 1.807) is 6.08 Å². The van der Waals surface area contributed by atoms with Crippen LogP contribution in [0.15, 0.2) is 24.0 Å². The van der Waals surface area contributed by atoms with Gasteiger partial charge < -0.3 is 9.47 Å². The van der Waals surface area contributed by atoms with Crippen molar-refractivity contribution >= 4 is 6.29 Å². The van der Waals surface area contributed by atoms with Gasteiger partial charge in [0, 0.05) is 13.5 Å². The molecule has 0 aromatic rings. The molecule has 0 aromatic heterocycles. The first-order valence-corrected chi connectivity index (χ1v) is 3.72. The molecule has 0 N–H and O–H groups in total. The van der Waals surface area contributed by atoms with Gasteiger partial charge in [0.1, 0.15) is 5.76 Å². The van der Waals surface area contributed by atoms with E-state index >= 15 is 0 Å². The van der Waals surface area contributed by atoms with Gasteiger partial charge in [0.25, 0.3) is 0 Å². The van der Waals surface area contributed by atoms with Crippen LogP contribution in [0.2, 0.25) is 0 Å². The molecule has 1 rings (SSSR count). The van der Waals surface area contributed by atoms with Gasteiger partial charge in [-0.3, -0.25) is 4.79 Å². The second kappa shape index (κ2) is 3.54. The van der Waals surface area contributed by atoms with Gasteiger partial charge in [0.15, 0.2) is 11.9 Å². The highest BCUT2D eigenvalue weighted by Crippen LogP contribution is 2.27. The molecule has 1 unspecified atom stereocenters. The summed E-state index contributed by atoms with van der Waals surface area (Å²) in [6.45, 7) is 0. The normalized spacial score (nSPS) is 28.0. The molecule has 1 aliphatic rings. The Morgan fingerprint density at radius 1 is 1.58 bits per heavy atom. The van der Waals surface area contributed by atoms with E-state index in [9.17, 15) is 4.79 Å². The van der Waals surface area contributed by atoms with Crippen LogP contribution in [0.25, 0.3) is 0 Å². The van der Waals surface area contributed by atoms with Crippen molar-refractivity contribution in [2.24, 2.45) is 0 Å². The van der Waals surface area contributed by atoms with Crippen LogP contribution in [-0.4, -0.2) is 26.1 Å². The molecular weight excluding hydrogens is 156 g/mol. The third kappa shape index (κ3) is 1.28. The fourth-order valence-electron chi connectivity index (χ4n) is 1.22. The lowest BCUT2D eigenvalue weighted by molar-refractivity contribution is -0.127. The number of ether oxygens (including phenoxy) is 2. The Labute approximate surface area is 71.7 Å². The number of aldehydes is 1. The minimum absolute atomic E-state index is 0.534. The maximum absolute atomic E-state index is 10.8. The minimum atomic E-state index is -0.899. The molecule has 0 heterocycles. The monoisotopic (exact) mass is 168 g/mol. The van der Waals surface area contributed by atoms with E-state index < -0.39 is 5.60 Å². The van der Waals surface area contributed by atoms with Gasteiger partial charge in [-0.15, -0.1) is 0 Å². The molecule has 0 spiro atoms. The van der Waals surface area contributed by atoms with Crippen LogP contribution in [0.3, 0.4) is 0 Å². The molecule has 0 aliphatic heterocycles. The highest BCUT2D eigenvalue weighted by molar-refractivity contribution is 5.69. The predicted octanol–water partition coefficient (Wildman–Crippen LogP) is 1.06. The number of hydrogen-bond donors (Lipinski definition) is 0. The topological polar surface area (TPSA) is 35.5 Å². The van der Waals surface area contributed by atoms with Crippen molar-refractivity contribution in [3.63, 3.8) is 0 Å². The van der Waals surface area contributed by atoms with Gasteiger partial charge in [0.2, 0.25) is 0 Å². The second-order valence-corrected chi connectivity index (χ2v) is 2.58. The molecule has 3 heteroatoms. The number of allylic oxidation sites excluding steroid dienone is 2. The summed E-state index contributed by atoms with van der Waals surface area (Å²) in [5.41, 5.74) is -0.899. The largest absolute Gasteiger partial charge is 0.498 e. The zero-order chi connectivity index (χ0) is 9.03. The quantitative estimate of drug-likeness (QED) is 0.591. The predicted molar refractivity (Wildman–Crippen MR) is 44.7 cm³/mol. The third-order valence-electron chi connectivity index (χ3n) is 2.00. The highest BCUT2D eigenvalue weighted by atomic mass is 16.5. The lowest BCUT2D eigenvalue weighted by Crippen LogP contribution is -2.37. The molecule has 0 fully saturated rings. The molecule has 66 valence electrons. The third-order valence-corrected chi connectivity index (χ3v) is 2.00. The average molecular weight is 168 g/mol. The molecule has 3 nitrogen and oxygen atoms in total. The number of methoxy groups -OCH3 is 2. The van der Waals surface area contributed by atoms with Crippen molar-refractivity contribution in [3.05, 3.63) is 24.0 Å². The van der Waals surface area contributed by atoms with Crippen LogP contribution in [0.1, 0.15) is 6.42 Å². The van der Waals surface area contributed by atoms with E-state index in [0.29, 0.717) is 12.2 Å². The molecule has 12 heavy (non-hydrogen) atoms. The van der Waals surface area contributed by atoms with Gasteiger partial charge >= 0.3 is 0 Å². The Balaban J connectivity index is 2.96. The molecular formula is C9H12O3. The molecule has 1 atom stereocenters. The first kappa shape index (κ1) is 9.00. The van der Waals surface area contributed by atoms with Crippen molar-refractivity contribution in [2.45, 2.75) is 12.0 Å². The van der Waals surface area contributed by atoms with Crippen molar-refractivity contribution in [1.29, 1.82) is 0 Å². The molecule has 0 aromatic carbocycles. The number of carbonyl (C=O) groups is 1. The first-order valence-electron chi connectivity index (χ1n) is 3.72. The number of carbonyl (C=O) groups excluding carboxylic acids is 1. The summed E-state index contributed by atoms with van der Waals surface area (Å²) in [6, 6.07) is 0. The average Bonchev–Trinajstić information content (AvgIpc) is 2.17. The fourth-order valence-corrected chi connectivity index (χ4v) is 1.22. The molecule has 0 bridgehead atoms. The summed E-state index contributed by atoms with van der Waals surface area (Å²) in [6.07, 6.45) is 6.76. The van der Waals surface area contributed by atoms with E-state index in [-0.39, 0.29) is 0 Å². The van der Waals surface area contributed by atoms with Crippen LogP contribution in [0.5, 0.6) is 0 Å². The Morgan fingerprint density at radius 2 is 2.33 bits per heavy atom. The standard InChI is InChI=1S/C9H12O3/c1-11-8-5-3-4-6-9(8,7-10)12-2/h3-5,7H,6H2,1-2H3. The maximum atomic E-state index is 10.8. The molecule has 0 saturated carbocycles. The van der Waals surface area contributed by atoms with Gasteiger partial charge in [-0.2, -0.15) is 0 Å². The SMILES string of the molecule is COC1=CC=CCC1(C=O)OC. The van der Waals surface area contributed by atoms with Crippen LogP contribution < -0.4 is 0 Å². The zero-order valence-corrected chi connectivity index (χ0v) is 7.24. The second-order valence-electron chi connectivity index (χ2n) is 2.58. The van der Waals surface area contributed by atoms with E-state index in [0.717, 1.165) is 6.29 Å². The first-order chi connectivity index (χ1) is 5.79. The van der Waals surface area contributed by atoms with E-state index in [1.807, 2.05) is 12.2 Å². The van der Waals surface area contributed by atoms with Gasteiger partial charge in [-0.25, -0.2) is 0 Å². The zero-order valence-electron chi connectivity index (χ0n) is 7.24. The molecule has 1 aliphatic carbocycles. The van der Waals surface area contributed by atoms with Crippen LogP contribution in [0, 0.1) is 0 Å². The summed E-state index contributed by atoms with van der Waals surface area (Å²) in [7, 11) is 3.03. The van der Waals surface area contributed by atoms with Gasteiger partial charge in [-0.1, -0.05) is 12.2 Å². The van der Waals surface area contributed by atoms with Crippen molar-refractivity contribution in [2.75, 3.05) is 14.2 Å². The van der Waals surface area contributed by atoms with Crippen molar-refractivity contribution < 1.29 is 14.3 Å². The summed E-state index contributed by atoms with van der Waals surface area (Å²) in [5, 5.41) is 0. The van der Waals surface area contributed by atoms with Crippen molar-refractivity contribution in [3.8, 4) is 0 Å². The number of hydrogen-bond acceptors (Lipinski definition) is 3. The van der Waals surface area contributed by atoms with Crippen LogP contribution in [0.4, 0.5) is 0 Å². The number of rotatable bonds is 3. The fraction of sp³-hybridized carbons (Fsp3) is 0.444. The Bertz CT molecular complexity index is 230. The molecule has 0 radical (unpaired) electrons. The van der Waals surface area contributed by atoms with E-state index in [4.69, 9.17) is 9.47 Å². The van der Waals surface area contributed by atoms with E-state index in [1.165, 1.54) is 14.2 Å². The van der Waals surface area contributed by atoms with Gasteiger partial charge in [-0.05, 0) is 6.08 Å². The maximum Gasteiger partial charge on any atom is 0.182 e. The Hall–Kier alpha value is -1.09. The van der Waals surface area contributed by atoms with Crippen molar-refractivity contribution in [1.82, 2.24) is 0 Å². The highest BCUT2D eigenvalue weighted by Gasteiger charge is 2.35. The smallest absolute Gasteiger partial charge is 0.182 e. The minimum Gasteiger partial charge on any atom is -0.498 e. The summed E-state index contributed by atoms with van der Waals surface area (Å²) in [4.78, 5) is 10.8. The molecule has 0 saturated heterocycles. The van der Waals surface area contributed by atoms with E-state index in [2.05, 4.69) is 0 Å². The van der Waals surface area contributed by atoms with Crippen LogP contribution >= 0.6 is 0 Å². The summed E-state index contributed by atoms with van der Waals surface area (Å²) < 4.78 is 10.2. The Kier molecular flexibility index (Phi) is 2.65. The lowest BCUT2D eigenvalue weighted by Gasteiger charge is -2.28. The molecule has 0 amide bonds. The van der Waals surface area contributed by atoms with Gasteiger partial charge in [0.05, 0.1) is 7.11 Å².